The maximum Gasteiger partial charge on any atom is 0.208 e. The van der Waals surface area contributed by atoms with E-state index in [0.29, 0.717) is 22.2 Å². The molecule has 0 aromatic heterocycles. The molecule has 0 bridgehead atoms. The summed E-state index contributed by atoms with van der Waals surface area (Å²) in [7, 11) is -3.18. The van der Waals surface area contributed by atoms with Crippen molar-refractivity contribution in [3.8, 4) is 17.6 Å². The lowest BCUT2D eigenvalue weighted by molar-refractivity contribution is 0.144. The predicted octanol–water partition coefficient (Wildman–Crippen LogP) is 5.39. The Morgan fingerprint density at radius 2 is 1.76 bits per heavy atom. The Balaban J connectivity index is 1.69. The number of nitrogens with one attached hydrogen (secondary N) is 1. The van der Waals surface area contributed by atoms with Crippen LogP contribution < -0.4 is 14.2 Å². The highest BCUT2D eigenvalue weighted by Crippen LogP contribution is 2.38. The van der Waals surface area contributed by atoms with E-state index >= 15 is 0 Å². The molecule has 0 radical (unpaired) electrons. The number of ether oxygens (including phenoxy) is 2. The Hall–Kier alpha value is -1.98. The van der Waals surface area contributed by atoms with Gasteiger partial charge in [-0.25, -0.2) is 13.1 Å². The van der Waals surface area contributed by atoms with Gasteiger partial charge in [-0.2, -0.15) is 5.26 Å². The maximum absolute atomic E-state index is 11.4. The highest BCUT2D eigenvalue weighted by Gasteiger charge is 2.27. The number of alkyl halides is 1. The van der Waals surface area contributed by atoms with Gasteiger partial charge in [0.2, 0.25) is 10.0 Å². The summed E-state index contributed by atoms with van der Waals surface area (Å²) in [4.78, 5) is 0. The molecule has 0 saturated heterocycles. The lowest BCUT2D eigenvalue weighted by atomic mass is 9.77. The molecule has 1 aliphatic rings. The molecule has 0 unspecified atom stereocenters. The molecule has 6 nitrogen and oxygen atoms in total. The first-order chi connectivity index (χ1) is 16.0. The average Bonchev–Trinajstić information content (AvgIpc) is 2.78. The van der Waals surface area contributed by atoms with Crippen molar-refractivity contribution in [3.63, 3.8) is 0 Å². The van der Waals surface area contributed by atoms with Crippen LogP contribution in [-0.4, -0.2) is 39.3 Å². The lowest BCUT2D eigenvalue weighted by Gasteiger charge is -2.30. The van der Waals surface area contributed by atoms with Gasteiger partial charge in [-0.3, -0.25) is 0 Å². The monoisotopic (exact) mass is 524 g/mol. The number of nitriles is 1. The quantitative estimate of drug-likeness (QED) is 0.444. The van der Waals surface area contributed by atoms with Gasteiger partial charge >= 0.3 is 0 Å². The summed E-state index contributed by atoms with van der Waals surface area (Å²) < 4.78 is 37.2. The molecule has 2 aromatic rings. The zero-order valence-corrected chi connectivity index (χ0v) is 21.9. The second-order valence-electron chi connectivity index (χ2n) is 9.11. The number of rotatable bonds is 9. The van der Waals surface area contributed by atoms with Crippen molar-refractivity contribution in [2.24, 2.45) is 0 Å². The highest BCUT2D eigenvalue weighted by atomic mass is 35.5. The summed E-state index contributed by atoms with van der Waals surface area (Å²) in [5.41, 5.74) is 1.92. The SMILES string of the molecule is CC(C)(c1ccc(O[C@H]2CC[C@H](NS(C)(=O)=O)CC2)cc1)c1cc(Cl)c(OCCCl)c(C#N)c1. The number of sulfonamides is 1. The normalized spacial score (nSPS) is 18.8. The van der Waals surface area contributed by atoms with E-state index in [1.165, 1.54) is 6.26 Å². The van der Waals surface area contributed by atoms with E-state index in [0.717, 1.165) is 42.6 Å². The van der Waals surface area contributed by atoms with Crippen LogP contribution in [0.1, 0.15) is 56.2 Å². The van der Waals surface area contributed by atoms with Gasteiger partial charge in [-0.05, 0) is 61.1 Å². The van der Waals surface area contributed by atoms with Crippen LogP contribution in [0.15, 0.2) is 36.4 Å². The molecular weight excluding hydrogens is 495 g/mol. The molecule has 0 aliphatic heterocycles. The van der Waals surface area contributed by atoms with Crippen LogP contribution in [0.5, 0.6) is 11.5 Å². The molecule has 1 aliphatic carbocycles. The lowest BCUT2D eigenvalue weighted by Crippen LogP contribution is -2.39. The van der Waals surface area contributed by atoms with Crippen LogP contribution in [0.2, 0.25) is 5.02 Å². The number of hydrogen-bond donors (Lipinski definition) is 1. The number of halogens is 2. The first-order valence-electron chi connectivity index (χ1n) is 11.2. The van der Waals surface area contributed by atoms with Crippen molar-refractivity contribution in [1.82, 2.24) is 4.72 Å². The summed E-state index contributed by atoms with van der Waals surface area (Å²) in [6.45, 7) is 4.42. The zero-order valence-electron chi connectivity index (χ0n) is 19.6. The number of benzene rings is 2. The fourth-order valence-corrected chi connectivity index (χ4v) is 5.43. The fourth-order valence-electron chi connectivity index (χ4n) is 4.24. The van der Waals surface area contributed by atoms with Crippen LogP contribution in [0.3, 0.4) is 0 Å². The molecule has 184 valence electrons. The van der Waals surface area contributed by atoms with Crippen LogP contribution in [0, 0.1) is 11.3 Å². The number of nitrogens with zero attached hydrogens (tertiary/aromatic N) is 1. The van der Waals surface area contributed by atoms with Crippen molar-refractivity contribution < 1.29 is 17.9 Å². The molecule has 1 fully saturated rings. The maximum atomic E-state index is 11.4. The highest BCUT2D eigenvalue weighted by molar-refractivity contribution is 7.88. The average molecular weight is 525 g/mol. The fraction of sp³-hybridized carbons (Fsp3) is 0.480. The van der Waals surface area contributed by atoms with Gasteiger partial charge in [0, 0.05) is 11.5 Å². The molecule has 1 N–H and O–H groups in total. The molecule has 3 rings (SSSR count). The molecule has 2 aromatic carbocycles. The Morgan fingerprint density at radius 1 is 1.12 bits per heavy atom. The second kappa shape index (κ2) is 11.2. The van der Waals surface area contributed by atoms with Crippen molar-refractivity contribution >= 4 is 33.2 Å². The molecule has 0 spiro atoms. The van der Waals surface area contributed by atoms with E-state index < -0.39 is 15.4 Å². The minimum Gasteiger partial charge on any atom is -0.490 e. The molecule has 0 amide bonds. The Morgan fingerprint density at radius 3 is 2.32 bits per heavy atom. The molecule has 9 heteroatoms. The number of hydrogen-bond acceptors (Lipinski definition) is 5. The molecular formula is C25H30Cl2N2O4S. The molecule has 34 heavy (non-hydrogen) atoms. The summed E-state index contributed by atoms with van der Waals surface area (Å²) in [6.07, 6.45) is 4.37. The first kappa shape index (κ1) is 26.6. The minimum absolute atomic E-state index is 0.0186. The van der Waals surface area contributed by atoms with Gasteiger partial charge in [0.15, 0.2) is 5.75 Å². The summed E-state index contributed by atoms with van der Waals surface area (Å²) in [5, 5.41) is 9.98. The van der Waals surface area contributed by atoms with Crippen LogP contribution in [0.4, 0.5) is 0 Å². The van der Waals surface area contributed by atoms with Gasteiger partial charge in [0.1, 0.15) is 18.4 Å². The smallest absolute Gasteiger partial charge is 0.208 e. The van der Waals surface area contributed by atoms with E-state index in [9.17, 15) is 13.7 Å². The van der Waals surface area contributed by atoms with Crippen molar-refractivity contribution in [2.75, 3.05) is 18.7 Å². The van der Waals surface area contributed by atoms with Gasteiger partial charge < -0.3 is 9.47 Å². The molecule has 0 heterocycles. The summed E-state index contributed by atoms with van der Waals surface area (Å²) in [5.74, 6) is 1.44. The van der Waals surface area contributed by atoms with Crippen molar-refractivity contribution in [2.45, 2.75) is 57.1 Å². The van der Waals surface area contributed by atoms with E-state index in [1.807, 2.05) is 36.4 Å². The van der Waals surface area contributed by atoms with Crippen LogP contribution >= 0.6 is 23.2 Å². The van der Waals surface area contributed by atoms with E-state index in [4.69, 9.17) is 32.7 Å². The Labute approximate surface area is 212 Å². The Bertz CT molecular complexity index is 1140. The van der Waals surface area contributed by atoms with Gasteiger partial charge in [0.05, 0.1) is 28.8 Å². The summed E-state index contributed by atoms with van der Waals surface area (Å²) in [6, 6.07) is 13.7. The van der Waals surface area contributed by atoms with E-state index in [1.54, 1.807) is 0 Å². The third-order valence-corrected chi connectivity index (χ3v) is 7.34. The van der Waals surface area contributed by atoms with Crippen molar-refractivity contribution in [1.29, 1.82) is 5.26 Å². The third-order valence-electron chi connectivity index (χ3n) is 6.14. The minimum atomic E-state index is -3.18. The molecule has 0 atom stereocenters. The Kier molecular flexibility index (Phi) is 8.75. The zero-order chi connectivity index (χ0) is 24.9. The third kappa shape index (κ3) is 6.79. The van der Waals surface area contributed by atoms with Gasteiger partial charge in [0.25, 0.3) is 0 Å². The van der Waals surface area contributed by atoms with Gasteiger partial charge in [-0.15, -0.1) is 11.6 Å². The predicted molar refractivity (Wildman–Crippen MR) is 136 cm³/mol. The first-order valence-corrected chi connectivity index (χ1v) is 14.0. The van der Waals surface area contributed by atoms with Crippen LogP contribution in [-0.2, 0) is 15.4 Å². The second-order valence-corrected chi connectivity index (χ2v) is 11.7. The van der Waals surface area contributed by atoms with Crippen molar-refractivity contribution in [3.05, 3.63) is 58.1 Å². The van der Waals surface area contributed by atoms with E-state index in [2.05, 4.69) is 24.6 Å². The largest absolute Gasteiger partial charge is 0.490 e. The topological polar surface area (TPSA) is 88.4 Å². The van der Waals surface area contributed by atoms with E-state index in [-0.39, 0.29) is 18.8 Å². The molecule has 1 saturated carbocycles. The van der Waals surface area contributed by atoms with Gasteiger partial charge in [-0.1, -0.05) is 37.6 Å². The summed E-state index contributed by atoms with van der Waals surface area (Å²) >= 11 is 12.1. The van der Waals surface area contributed by atoms with Crippen LogP contribution in [0.25, 0.3) is 0 Å². The standard InChI is InChI=1S/C25H30Cl2N2O4S/c1-25(2,19-14-17(16-28)24(23(27)15-19)32-13-12-26)18-4-8-21(9-5-18)33-22-10-6-20(7-11-22)29-34(3,30)31/h4-5,8-9,14-15,20,22,29H,6-7,10-13H2,1-3H3/t20-,22-.